The molecular formula is C18H28O3. The van der Waals surface area contributed by atoms with Crippen molar-refractivity contribution in [2.45, 2.75) is 53.1 Å². The highest BCUT2D eigenvalue weighted by atomic mass is 16.6. The van der Waals surface area contributed by atoms with E-state index in [1.807, 2.05) is 12.1 Å². The molecule has 0 saturated heterocycles. The quantitative estimate of drug-likeness (QED) is 0.679. The van der Waals surface area contributed by atoms with Crippen LogP contribution in [0.3, 0.4) is 0 Å². The van der Waals surface area contributed by atoms with Crippen LogP contribution >= 0.6 is 0 Å². The first-order valence-electron chi connectivity index (χ1n) is 7.82. The van der Waals surface area contributed by atoms with Gasteiger partial charge in [0.15, 0.2) is 0 Å². The maximum absolute atomic E-state index is 12.4. The number of hydrogen-bond acceptors (Lipinski definition) is 3. The van der Waals surface area contributed by atoms with Gasteiger partial charge in [-0.1, -0.05) is 33.8 Å². The van der Waals surface area contributed by atoms with Gasteiger partial charge in [-0.15, -0.1) is 0 Å². The third kappa shape index (κ3) is 5.88. The molecule has 0 aliphatic carbocycles. The molecule has 0 N–H and O–H groups in total. The highest BCUT2D eigenvalue weighted by Gasteiger charge is 2.18. The van der Waals surface area contributed by atoms with Crippen molar-refractivity contribution in [3.8, 4) is 0 Å². The van der Waals surface area contributed by atoms with Gasteiger partial charge in [0.05, 0.1) is 12.2 Å². The number of ether oxygens (including phenoxy) is 2. The summed E-state index contributed by atoms with van der Waals surface area (Å²) in [5, 5.41) is 0. The fourth-order valence-corrected chi connectivity index (χ4v) is 2.37. The Bertz CT molecular complexity index is 430. The molecule has 1 aromatic carbocycles. The van der Waals surface area contributed by atoms with Gasteiger partial charge in [-0.25, -0.2) is 4.79 Å². The molecule has 0 amide bonds. The first kappa shape index (κ1) is 17.7. The fraction of sp³-hybridized carbons (Fsp3) is 0.611. The smallest absolute Gasteiger partial charge is 0.338 e. The van der Waals surface area contributed by atoms with Crippen molar-refractivity contribution < 1.29 is 14.3 Å². The van der Waals surface area contributed by atoms with Crippen molar-refractivity contribution in [1.82, 2.24) is 0 Å². The molecule has 0 fully saturated rings. The Morgan fingerprint density at radius 2 is 1.67 bits per heavy atom. The third-order valence-electron chi connectivity index (χ3n) is 3.47. The van der Waals surface area contributed by atoms with Crippen molar-refractivity contribution in [2.75, 3.05) is 13.7 Å². The molecule has 1 unspecified atom stereocenters. The Labute approximate surface area is 128 Å². The number of carbonyl (C=O) groups excluding carboxylic acids is 1. The summed E-state index contributed by atoms with van der Waals surface area (Å²) >= 11 is 0. The number of benzene rings is 1. The zero-order valence-electron chi connectivity index (χ0n) is 13.9. The molecule has 3 nitrogen and oxygen atoms in total. The van der Waals surface area contributed by atoms with E-state index in [1.54, 1.807) is 7.11 Å². The van der Waals surface area contributed by atoms with Crippen molar-refractivity contribution in [2.24, 2.45) is 5.92 Å². The standard InChI is InChI=1S/C18H28O3/c1-6-14-9-15(7-2)11-16(10-14)18(19)21-17(12-20-5)8-13(3)4/h9-11,13,17H,6-8,12H2,1-5H3. The lowest BCUT2D eigenvalue weighted by atomic mass is 10.0. The van der Waals surface area contributed by atoms with Crippen molar-refractivity contribution in [1.29, 1.82) is 0 Å². The molecule has 1 atom stereocenters. The van der Waals surface area contributed by atoms with Crippen LogP contribution in [0.5, 0.6) is 0 Å². The van der Waals surface area contributed by atoms with Crippen LogP contribution in [-0.2, 0) is 22.3 Å². The largest absolute Gasteiger partial charge is 0.456 e. The lowest BCUT2D eigenvalue weighted by Gasteiger charge is -2.19. The van der Waals surface area contributed by atoms with Crippen molar-refractivity contribution in [3.05, 3.63) is 34.9 Å². The number of esters is 1. The van der Waals surface area contributed by atoms with Crippen LogP contribution < -0.4 is 0 Å². The number of aryl methyl sites for hydroxylation is 2. The van der Waals surface area contributed by atoms with E-state index in [4.69, 9.17) is 9.47 Å². The molecule has 1 rings (SSSR count). The van der Waals surface area contributed by atoms with E-state index in [1.165, 1.54) is 11.1 Å². The molecule has 0 radical (unpaired) electrons. The van der Waals surface area contributed by atoms with Gasteiger partial charge in [-0.3, -0.25) is 0 Å². The lowest BCUT2D eigenvalue weighted by Crippen LogP contribution is -2.25. The molecule has 0 heterocycles. The zero-order chi connectivity index (χ0) is 15.8. The number of hydrogen-bond donors (Lipinski definition) is 0. The summed E-state index contributed by atoms with van der Waals surface area (Å²) < 4.78 is 10.8. The molecule has 0 spiro atoms. The molecule has 0 bridgehead atoms. The summed E-state index contributed by atoms with van der Waals surface area (Å²) in [6.07, 6.45) is 2.47. The predicted octanol–water partition coefficient (Wildman–Crippen LogP) is 4.03. The Kier molecular flexibility index (Phi) is 7.44. The maximum atomic E-state index is 12.4. The van der Waals surface area contributed by atoms with Gasteiger partial charge in [-0.2, -0.15) is 0 Å². The SMILES string of the molecule is CCc1cc(CC)cc(C(=O)OC(COC)CC(C)C)c1. The molecule has 1 aromatic rings. The Hall–Kier alpha value is -1.35. The van der Waals surface area contributed by atoms with Crippen LogP contribution in [0, 0.1) is 5.92 Å². The van der Waals surface area contributed by atoms with Crippen LogP contribution in [0.15, 0.2) is 18.2 Å². The average Bonchev–Trinajstić information content (AvgIpc) is 2.46. The van der Waals surface area contributed by atoms with Gasteiger partial charge in [-0.05, 0) is 48.4 Å². The Balaban J connectivity index is 2.85. The average molecular weight is 292 g/mol. The summed E-state index contributed by atoms with van der Waals surface area (Å²) in [7, 11) is 1.63. The lowest BCUT2D eigenvalue weighted by molar-refractivity contribution is -0.000698. The summed E-state index contributed by atoms with van der Waals surface area (Å²) in [6.45, 7) is 8.86. The van der Waals surface area contributed by atoms with Gasteiger partial charge in [0.2, 0.25) is 0 Å². The first-order valence-corrected chi connectivity index (χ1v) is 7.82. The van der Waals surface area contributed by atoms with E-state index in [0.717, 1.165) is 19.3 Å². The van der Waals surface area contributed by atoms with Gasteiger partial charge in [0.1, 0.15) is 6.10 Å². The number of rotatable bonds is 8. The van der Waals surface area contributed by atoms with E-state index < -0.39 is 0 Å². The Morgan fingerprint density at radius 3 is 2.10 bits per heavy atom. The molecule has 21 heavy (non-hydrogen) atoms. The van der Waals surface area contributed by atoms with Crippen molar-refractivity contribution in [3.63, 3.8) is 0 Å². The van der Waals surface area contributed by atoms with Crippen LogP contribution in [-0.4, -0.2) is 25.8 Å². The van der Waals surface area contributed by atoms with E-state index in [9.17, 15) is 4.79 Å². The topological polar surface area (TPSA) is 35.5 Å². The molecular weight excluding hydrogens is 264 g/mol. The summed E-state index contributed by atoms with van der Waals surface area (Å²) in [5.74, 6) is 0.217. The Morgan fingerprint density at radius 1 is 1.10 bits per heavy atom. The molecule has 0 aliphatic heterocycles. The van der Waals surface area contributed by atoms with Gasteiger partial charge >= 0.3 is 5.97 Å². The summed E-state index contributed by atoms with van der Waals surface area (Å²) in [5.41, 5.74) is 3.00. The predicted molar refractivity (Wildman–Crippen MR) is 85.7 cm³/mol. The van der Waals surface area contributed by atoms with Crippen LogP contribution in [0.2, 0.25) is 0 Å². The molecule has 0 aliphatic rings. The normalized spacial score (nSPS) is 12.5. The van der Waals surface area contributed by atoms with Crippen molar-refractivity contribution >= 4 is 5.97 Å². The van der Waals surface area contributed by atoms with Gasteiger partial charge in [0.25, 0.3) is 0 Å². The monoisotopic (exact) mass is 292 g/mol. The molecule has 3 heteroatoms. The molecule has 0 aromatic heterocycles. The number of carbonyl (C=O) groups is 1. The first-order chi connectivity index (χ1) is 9.99. The second-order valence-corrected chi connectivity index (χ2v) is 5.86. The second-order valence-electron chi connectivity index (χ2n) is 5.86. The van der Waals surface area contributed by atoms with E-state index in [0.29, 0.717) is 18.1 Å². The van der Waals surface area contributed by atoms with Gasteiger partial charge < -0.3 is 9.47 Å². The minimum atomic E-state index is -0.247. The van der Waals surface area contributed by atoms with E-state index >= 15 is 0 Å². The summed E-state index contributed by atoms with van der Waals surface area (Å²) in [4.78, 5) is 12.4. The van der Waals surface area contributed by atoms with Gasteiger partial charge in [0, 0.05) is 7.11 Å². The second kappa shape index (κ2) is 8.83. The van der Waals surface area contributed by atoms with Crippen LogP contribution in [0.4, 0.5) is 0 Å². The summed E-state index contributed by atoms with van der Waals surface area (Å²) in [6, 6.07) is 6.01. The maximum Gasteiger partial charge on any atom is 0.338 e. The van der Waals surface area contributed by atoms with E-state index in [2.05, 4.69) is 33.8 Å². The van der Waals surface area contributed by atoms with Crippen LogP contribution in [0.25, 0.3) is 0 Å². The third-order valence-corrected chi connectivity index (χ3v) is 3.47. The number of methoxy groups -OCH3 is 1. The zero-order valence-corrected chi connectivity index (χ0v) is 13.9. The molecule has 118 valence electrons. The van der Waals surface area contributed by atoms with Crippen LogP contribution in [0.1, 0.15) is 55.6 Å². The minimum absolute atomic E-state index is 0.183. The van der Waals surface area contributed by atoms with E-state index in [-0.39, 0.29) is 12.1 Å². The molecule has 0 saturated carbocycles. The minimum Gasteiger partial charge on any atom is -0.456 e. The fourth-order valence-electron chi connectivity index (χ4n) is 2.37. The highest BCUT2D eigenvalue weighted by Crippen LogP contribution is 2.16. The highest BCUT2D eigenvalue weighted by molar-refractivity contribution is 5.90.